The maximum Gasteiger partial charge on any atom is 0.270 e. The molecule has 0 aliphatic carbocycles. The molecule has 1 amide bonds. The topological polar surface area (TPSA) is 54.0 Å². The SMILES string of the molecule is CCCNc1ccc(C(=O)NCc2cscc2C)nc1. The molecule has 2 aromatic rings. The van der Waals surface area contributed by atoms with Crippen LogP contribution in [0.15, 0.2) is 29.1 Å². The molecule has 0 unspecified atom stereocenters. The molecule has 2 N–H and O–H groups in total. The van der Waals surface area contributed by atoms with Gasteiger partial charge in [0.15, 0.2) is 0 Å². The van der Waals surface area contributed by atoms with E-state index in [1.54, 1.807) is 23.6 Å². The quantitative estimate of drug-likeness (QED) is 0.858. The third-order valence-corrected chi connectivity index (χ3v) is 3.89. The van der Waals surface area contributed by atoms with Crippen LogP contribution in [0.25, 0.3) is 0 Å². The summed E-state index contributed by atoms with van der Waals surface area (Å²) in [4.78, 5) is 16.2. The molecule has 5 heteroatoms. The normalized spacial score (nSPS) is 10.3. The molecule has 20 heavy (non-hydrogen) atoms. The van der Waals surface area contributed by atoms with E-state index in [-0.39, 0.29) is 5.91 Å². The fraction of sp³-hybridized carbons (Fsp3) is 0.333. The van der Waals surface area contributed by atoms with Gasteiger partial charge in [-0.2, -0.15) is 11.3 Å². The molecule has 2 aromatic heterocycles. The maximum absolute atomic E-state index is 12.0. The second-order valence-electron chi connectivity index (χ2n) is 4.62. The van der Waals surface area contributed by atoms with Gasteiger partial charge in [0.2, 0.25) is 0 Å². The monoisotopic (exact) mass is 289 g/mol. The summed E-state index contributed by atoms with van der Waals surface area (Å²) in [5.41, 5.74) is 3.75. The van der Waals surface area contributed by atoms with E-state index in [2.05, 4.69) is 33.3 Å². The van der Waals surface area contributed by atoms with Crippen LogP contribution in [0.5, 0.6) is 0 Å². The number of carbonyl (C=O) groups is 1. The van der Waals surface area contributed by atoms with Gasteiger partial charge in [0.1, 0.15) is 5.69 Å². The predicted molar refractivity (Wildman–Crippen MR) is 83.2 cm³/mol. The summed E-state index contributed by atoms with van der Waals surface area (Å²) >= 11 is 1.65. The number of aryl methyl sites for hydroxylation is 1. The minimum Gasteiger partial charge on any atom is -0.384 e. The van der Waals surface area contributed by atoms with E-state index in [4.69, 9.17) is 0 Å². The van der Waals surface area contributed by atoms with Crippen molar-refractivity contribution in [2.45, 2.75) is 26.8 Å². The van der Waals surface area contributed by atoms with Gasteiger partial charge in [-0.25, -0.2) is 4.98 Å². The van der Waals surface area contributed by atoms with Gasteiger partial charge in [-0.05, 0) is 47.4 Å². The van der Waals surface area contributed by atoms with Crippen molar-refractivity contribution in [2.75, 3.05) is 11.9 Å². The molecule has 0 fully saturated rings. The molecule has 106 valence electrons. The smallest absolute Gasteiger partial charge is 0.270 e. The van der Waals surface area contributed by atoms with Crippen molar-refractivity contribution in [1.82, 2.24) is 10.3 Å². The summed E-state index contributed by atoms with van der Waals surface area (Å²) in [6.45, 7) is 5.61. The van der Waals surface area contributed by atoms with Gasteiger partial charge in [-0.1, -0.05) is 6.92 Å². The molecule has 0 bridgehead atoms. The van der Waals surface area contributed by atoms with Gasteiger partial charge < -0.3 is 10.6 Å². The summed E-state index contributed by atoms with van der Waals surface area (Å²) in [6.07, 6.45) is 2.75. The van der Waals surface area contributed by atoms with E-state index in [0.717, 1.165) is 24.2 Å². The van der Waals surface area contributed by atoms with Crippen LogP contribution in [0.4, 0.5) is 5.69 Å². The molecule has 2 heterocycles. The number of amides is 1. The molecule has 4 nitrogen and oxygen atoms in total. The molecule has 0 aromatic carbocycles. The maximum atomic E-state index is 12.0. The predicted octanol–water partition coefficient (Wildman–Crippen LogP) is 3.20. The van der Waals surface area contributed by atoms with Crippen molar-refractivity contribution in [3.8, 4) is 0 Å². The van der Waals surface area contributed by atoms with E-state index in [1.165, 1.54) is 5.56 Å². The Bertz CT molecular complexity index is 563. The molecule has 0 saturated heterocycles. The highest BCUT2D eigenvalue weighted by Crippen LogP contribution is 2.13. The van der Waals surface area contributed by atoms with E-state index in [1.807, 2.05) is 13.0 Å². The highest BCUT2D eigenvalue weighted by Gasteiger charge is 2.07. The summed E-state index contributed by atoms with van der Waals surface area (Å²) in [7, 11) is 0. The minimum absolute atomic E-state index is 0.141. The standard InChI is InChI=1S/C15H19N3OS/c1-3-6-16-13-4-5-14(17-8-13)15(19)18-7-12-10-20-9-11(12)2/h4-5,8-10,16H,3,6-7H2,1-2H3,(H,18,19). The van der Waals surface area contributed by atoms with E-state index < -0.39 is 0 Å². The third kappa shape index (κ3) is 3.81. The fourth-order valence-electron chi connectivity index (χ4n) is 1.74. The summed E-state index contributed by atoms with van der Waals surface area (Å²) < 4.78 is 0. The van der Waals surface area contributed by atoms with Crippen LogP contribution in [0.1, 0.15) is 35.0 Å². The lowest BCUT2D eigenvalue weighted by Gasteiger charge is -2.06. The van der Waals surface area contributed by atoms with E-state index in [9.17, 15) is 4.79 Å². The van der Waals surface area contributed by atoms with Crippen molar-refractivity contribution >= 4 is 22.9 Å². The number of anilines is 1. The first kappa shape index (κ1) is 14.5. The first-order valence-electron chi connectivity index (χ1n) is 6.70. The number of carbonyl (C=O) groups excluding carboxylic acids is 1. The Hall–Kier alpha value is -1.88. The largest absolute Gasteiger partial charge is 0.384 e. The van der Waals surface area contributed by atoms with Gasteiger partial charge in [-0.15, -0.1) is 0 Å². The lowest BCUT2D eigenvalue weighted by atomic mass is 10.2. The first-order chi connectivity index (χ1) is 9.70. The Labute approximate surface area is 123 Å². The summed E-state index contributed by atoms with van der Waals surface area (Å²) in [5.74, 6) is -0.141. The van der Waals surface area contributed by atoms with Gasteiger partial charge in [-0.3, -0.25) is 4.79 Å². The molecular formula is C15H19N3OS. The molecule has 0 atom stereocenters. The Balaban J connectivity index is 1.90. The number of thiophene rings is 1. The first-order valence-corrected chi connectivity index (χ1v) is 7.64. The Kier molecular flexibility index (Phi) is 5.12. The lowest BCUT2D eigenvalue weighted by Crippen LogP contribution is -2.23. The van der Waals surface area contributed by atoms with Crippen LogP contribution in [-0.4, -0.2) is 17.4 Å². The van der Waals surface area contributed by atoms with Crippen molar-refractivity contribution in [3.05, 3.63) is 45.9 Å². The number of hydrogen-bond acceptors (Lipinski definition) is 4. The van der Waals surface area contributed by atoms with Crippen LogP contribution in [0.2, 0.25) is 0 Å². The number of rotatable bonds is 6. The molecule has 0 aliphatic rings. The zero-order valence-corrected chi connectivity index (χ0v) is 12.6. The van der Waals surface area contributed by atoms with Crippen LogP contribution in [0, 0.1) is 6.92 Å². The van der Waals surface area contributed by atoms with Crippen molar-refractivity contribution in [2.24, 2.45) is 0 Å². The Morgan fingerprint density at radius 1 is 1.35 bits per heavy atom. The minimum atomic E-state index is -0.141. The van der Waals surface area contributed by atoms with Crippen molar-refractivity contribution in [1.29, 1.82) is 0 Å². The summed E-state index contributed by atoms with van der Waals surface area (Å²) in [6, 6.07) is 3.63. The third-order valence-electron chi connectivity index (χ3n) is 2.98. The second-order valence-corrected chi connectivity index (χ2v) is 5.37. The molecular weight excluding hydrogens is 270 g/mol. The Morgan fingerprint density at radius 2 is 2.20 bits per heavy atom. The van der Waals surface area contributed by atoms with Gasteiger partial charge in [0.05, 0.1) is 11.9 Å². The van der Waals surface area contributed by atoms with Gasteiger partial charge >= 0.3 is 0 Å². The average molecular weight is 289 g/mol. The Morgan fingerprint density at radius 3 is 2.80 bits per heavy atom. The van der Waals surface area contributed by atoms with Crippen LogP contribution >= 0.6 is 11.3 Å². The van der Waals surface area contributed by atoms with E-state index in [0.29, 0.717) is 12.2 Å². The molecule has 0 saturated carbocycles. The molecule has 0 spiro atoms. The zero-order chi connectivity index (χ0) is 14.4. The highest BCUT2D eigenvalue weighted by atomic mass is 32.1. The molecule has 2 rings (SSSR count). The number of nitrogens with one attached hydrogen (secondary N) is 2. The zero-order valence-electron chi connectivity index (χ0n) is 11.8. The number of pyridine rings is 1. The van der Waals surface area contributed by atoms with Gasteiger partial charge in [0.25, 0.3) is 5.91 Å². The summed E-state index contributed by atoms with van der Waals surface area (Å²) in [5, 5.41) is 10.3. The lowest BCUT2D eigenvalue weighted by molar-refractivity contribution is 0.0946. The number of aromatic nitrogens is 1. The van der Waals surface area contributed by atoms with Crippen molar-refractivity contribution in [3.63, 3.8) is 0 Å². The highest BCUT2D eigenvalue weighted by molar-refractivity contribution is 7.08. The second kappa shape index (κ2) is 7.05. The fourth-order valence-corrected chi connectivity index (χ4v) is 2.59. The van der Waals surface area contributed by atoms with Crippen LogP contribution < -0.4 is 10.6 Å². The van der Waals surface area contributed by atoms with Crippen molar-refractivity contribution < 1.29 is 4.79 Å². The van der Waals surface area contributed by atoms with Gasteiger partial charge in [0, 0.05) is 13.1 Å². The molecule has 0 aliphatic heterocycles. The number of nitrogens with zero attached hydrogens (tertiary/aromatic N) is 1. The van der Waals surface area contributed by atoms with Crippen LogP contribution in [-0.2, 0) is 6.54 Å². The average Bonchev–Trinajstić information content (AvgIpc) is 2.88. The molecule has 0 radical (unpaired) electrons. The number of hydrogen-bond donors (Lipinski definition) is 2. The van der Waals surface area contributed by atoms with E-state index >= 15 is 0 Å². The van der Waals surface area contributed by atoms with Crippen LogP contribution in [0.3, 0.4) is 0 Å².